The highest BCUT2D eigenvalue weighted by molar-refractivity contribution is 5.90. The van der Waals surface area contributed by atoms with Crippen LogP contribution in [0.15, 0.2) is 66.7 Å². The van der Waals surface area contributed by atoms with Crippen molar-refractivity contribution >= 4 is 22.8 Å². The van der Waals surface area contributed by atoms with Crippen LogP contribution in [0.25, 0.3) is 11.0 Å². The van der Waals surface area contributed by atoms with Crippen molar-refractivity contribution in [2.24, 2.45) is 0 Å². The highest BCUT2D eigenvalue weighted by Crippen LogP contribution is 2.35. The number of amides is 2. The SMILES string of the molecule is CCC(C)(C)NC(=O)[C@@H](c1ccc(OC)cc1OC)N(Cc1cccc(OC)c1)C(=O)Cn1nnc2ccccc21. The van der Waals surface area contributed by atoms with Gasteiger partial charge in [-0.25, -0.2) is 4.68 Å². The fourth-order valence-electron chi connectivity index (χ4n) is 4.53. The summed E-state index contributed by atoms with van der Waals surface area (Å²) in [4.78, 5) is 30.0. The number of carbonyl (C=O) groups excluding carboxylic acids is 2. The molecule has 4 aromatic rings. The van der Waals surface area contributed by atoms with Crippen molar-refractivity contribution in [3.63, 3.8) is 0 Å². The molecule has 1 aromatic heterocycles. The van der Waals surface area contributed by atoms with Gasteiger partial charge in [0.1, 0.15) is 35.4 Å². The number of hydrogen-bond donors (Lipinski definition) is 1. The molecule has 0 spiro atoms. The summed E-state index contributed by atoms with van der Waals surface area (Å²) in [5.41, 5.74) is 2.20. The maximum absolute atomic E-state index is 14.3. The largest absolute Gasteiger partial charge is 0.497 e. The van der Waals surface area contributed by atoms with Gasteiger partial charge in [-0.3, -0.25) is 9.59 Å². The Morgan fingerprint density at radius 3 is 2.39 bits per heavy atom. The molecule has 4 rings (SSSR count). The van der Waals surface area contributed by atoms with Crippen LogP contribution in [-0.4, -0.2) is 58.6 Å². The van der Waals surface area contributed by atoms with Crippen molar-refractivity contribution in [3.8, 4) is 17.2 Å². The Labute approximate surface area is 240 Å². The molecule has 1 atom stereocenters. The van der Waals surface area contributed by atoms with E-state index in [-0.39, 0.29) is 24.9 Å². The molecule has 3 aromatic carbocycles. The summed E-state index contributed by atoms with van der Waals surface area (Å²) in [6, 6.07) is 19.0. The standard InChI is InChI=1S/C31H37N5O5/c1-7-31(2,3)32-30(38)29(24-16-15-23(40-5)18-27(24)41-6)35(19-21-11-10-12-22(17-21)39-4)28(37)20-36-26-14-9-8-13-25(26)33-34-36/h8-18,29H,7,19-20H2,1-6H3,(H,32,38)/t29-/m1/s1. The van der Waals surface area contributed by atoms with Gasteiger partial charge in [0, 0.05) is 23.7 Å². The Kier molecular flexibility index (Phi) is 9.11. The number of benzene rings is 3. The monoisotopic (exact) mass is 559 g/mol. The smallest absolute Gasteiger partial charge is 0.248 e. The lowest BCUT2D eigenvalue weighted by molar-refractivity contribution is -0.143. The topological polar surface area (TPSA) is 108 Å². The van der Waals surface area contributed by atoms with Crippen LogP contribution in [0.4, 0.5) is 0 Å². The number of para-hydroxylation sites is 1. The number of carbonyl (C=O) groups is 2. The normalized spacial score (nSPS) is 12.0. The van der Waals surface area contributed by atoms with Crippen molar-refractivity contribution in [2.75, 3.05) is 21.3 Å². The highest BCUT2D eigenvalue weighted by atomic mass is 16.5. The van der Waals surface area contributed by atoms with Gasteiger partial charge in [0.2, 0.25) is 11.8 Å². The van der Waals surface area contributed by atoms with Gasteiger partial charge in [0.05, 0.1) is 26.8 Å². The summed E-state index contributed by atoms with van der Waals surface area (Å²) in [7, 11) is 4.67. The molecule has 1 heterocycles. The molecule has 0 saturated heterocycles. The summed E-state index contributed by atoms with van der Waals surface area (Å²) >= 11 is 0. The maximum Gasteiger partial charge on any atom is 0.248 e. The van der Waals surface area contributed by atoms with Crippen LogP contribution in [-0.2, 0) is 22.7 Å². The molecular formula is C31H37N5O5. The molecule has 0 aliphatic rings. The van der Waals surface area contributed by atoms with Gasteiger partial charge in [-0.2, -0.15) is 0 Å². The third-order valence-corrected chi connectivity index (χ3v) is 7.15. The summed E-state index contributed by atoms with van der Waals surface area (Å²) in [5.74, 6) is 0.981. The second kappa shape index (κ2) is 12.7. The fraction of sp³-hybridized carbons (Fsp3) is 0.355. The van der Waals surface area contributed by atoms with Crippen LogP contribution in [0, 0.1) is 0 Å². The van der Waals surface area contributed by atoms with E-state index in [1.165, 1.54) is 7.11 Å². The zero-order valence-corrected chi connectivity index (χ0v) is 24.4. The van der Waals surface area contributed by atoms with E-state index in [1.807, 2.05) is 69.3 Å². The van der Waals surface area contributed by atoms with Gasteiger partial charge < -0.3 is 24.4 Å². The lowest BCUT2D eigenvalue weighted by Gasteiger charge is -2.35. The summed E-state index contributed by atoms with van der Waals surface area (Å²) < 4.78 is 18.1. The molecule has 216 valence electrons. The molecule has 0 unspecified atom stereocenters. The fourth-order valence-corrected chi connectivity index (χ4v) is 4.53. The summed E-state index contributed by atoms with van der Waals surface area (Å²) in [5, 5.41) is 11.5. The quantitative estimate of drug-likeness (QED) is 0.272. The Balaban J connectivity index is 1.85. The first-order valence-electron chi connectivity index (χ1n) is 13.4. The zero-order chi connectivity index (χ0) is 29.6. The first kappa shape index (κ1) is 29.4. The van der Waals surface area contributed by atoms with Crippen LogP contribution in [0.3, 0.4) is 0 Å². The van der Waals surface area contributed by atoms with Gasteiger partial charge >= 0.3 is 0 Å². The molecule has 10 nitrogen and oxygen atoms in total. The van der Waals surface area contributed by atoms with E-state index < -0.39 is 11.6 Å². The number of aromatic nitrogens is 3. The van der Waals surface area contributed by atoms with Crippen LogP contribution >= 0.6 is 0 Å². The predicted molar refractivity (Wildman–Crippen MR) is 156 cm³/mol. The maximum atomic E-state index is 14.3. The molecule has 10 heteroatoms. The number of methoxy groups -OCH3 is 3. The number of ether oxygens (including phenoxy) is 3. The average molecular weight is 560 g/mol. The minimum Gasteiger partial charge on any atom is -0.497 e. The van der Waals surface area contributed by atoms with Crippen molar-refractivity contribution in [1.29, 1.82) is 0 Å². The van der Waals surface area contributed by atoms with E-state index >= 15 is 0 Å². The molecule has 0 radical (unpaired) electrons. The van der Waals surface area contributed by atoms with E-state index in [4.69, 9.17) is 14.2 Å². The van der Waals surface area contributed by atoms with Crippen molar-refractivity contribution in [1.82, 2.24) is 25.2 Å². The van der Waals surface area contributed by atoms with Gasteiger partial charge in [-0.15, -0.1) is 5.10 Å². The molecule has 1 N–H and O–H groups in total. The molecule has 0 saturated carbocycles. The molecule has 0 aliphatic heterocycles. The number of hydrogen-bond acceptors (Lipinski definition) is 7. The second-order valence-corrected chi connectivity index (χ2v) is 10.3. The van der Waals surface area contributed by atoms with E-state index in [0.717, 1.165) is 11.1 Å². The average Bonchev–Trinajstić information content (AvgIpc) is 3.39. The Hall–Kier alpha value is -4.60. The van der Waals surface area contributed by atoms with Crippen LogP contribution in [0.2, 0.25) is 0 Å². The Bertz CT molecular complexity index is 1520. The van der Waals surface area contributed by atoms with Gasteiger partial charge in [0.25, 0.3) is 0 Å². The number of rotatable bonds is 12. The minimum absolute atomic E-state index is 0.121. The van der Waals surface area contributed by atoms with E-state index in [9.17, 15) is 9.59 Å². The molecule has 0 aliphatic carbocycles. The number of nitrogens with one attached hydrogen (secondary N) is 1. The summed E-state index contributed by atoms with van der Waals surface area (Å²) in [6.07, 6.45) is 0.694. The molecule has 41 heavy (non-hydrogen) atoms. The van der Waals surface area contributed by atoms with E-state index in [1.54, 1.807) is 42.0 Å². The summed E-state index contributed by atoms with van der Waals surface area (Å²) in [6.45, 7) is 5.90. The van der Waals surface area contributed by atoms with Crippen LogP contribution < -0.4 is 19.5 Å². The van der Waals surface area contributed by atoms with Crippen molar-refractivity contribution in [3.05, 3.63) is 77.9 Å². The third kappa shape index (κ3) is 6.77. The minimum atomic E-state index is -1.03. The number of fused-ring (bicyclic) bond motifs is 1. The third-order valence-electron chi connectivity index (χ3n) is 7.15. The van der Waals surface area contributed by atoms with E-state index in [0.29, 0.717) is 34.7 Å². The molecule has 2 amide bonds. The highest BCUT2D eigenvalue weighted by Gasteiger charge is 2.36. The Morgan fingerprint density at radius 2 is 1.68 bits per heavy atom. The van der Waals surface area contributed by atoms with Crippen molar-refractivity contribution < 1.29 is 23.8 Å². The first-order valence-corrected chi connectivity index (χ1v) is 13.4. The molecule has 0 fully saturated rings. The van der Waals surface area contributed by atoms with Gasteiger partial charge in [-0.05, 0) is 62.2 Å². The lowest BCUT2D eigenvalue weighted by atomic mass is 9.97. The Morgan fingerprint density at radius 1 is 0.951 bits per heavy atom. The number of nitrogens with zero attached hydrogens (tertiary/aromatic N) is 4. The first-order chi connectivity index (χ1) is 19.7. The van der Waals surface area contributed by atoms with Gasteiger partial charge in [-0.1, -0.05) is 36.4 Å². The van der Waals surface area contributed by atoms with Gasteiger partial charge in [0.15, 0.2) is 0 Å². The van der Waals surface area contributed by atoms with Crippen LogP contribution in [0.5, 0.6) is 17.2 Å². The van der Waals surface area contributed by atoms with Crippen LogP contribution in [0.1, 0.15) is 44.4 Å². The predicted octanol–water partition coefficient (Wildman–Crippen LogP) is 4.53. The lowest BCUT2D eigenvalue weighted by Crippen LogP contribution is -2.50. The molecular weight excluding hydrogens is 522 g/mol. The van der Waals surface area contributed by atoms with E-state index in [2.05, 4.69) is 15.6 Å². The second-order valence-electron chi connectivity index (χ2n) is 10.3. The zero-order valence-electron chi connectivity index (χ0n) is 24.4. The van der Waals surface area contributed by atoms with Crippen molar-refractivity contribution in [2.45, 2.75) is 51.9 Å². The molecule has 0 bridgehead atoms.